The standard InChI is InChI=1S/C32H40N6OS/c40-31(33-24-32(15-20-39-21-16-32)27-12-4-3-5-13-27)36-30-34-28(37-17-8-1-2-9-18-37)22-29(35-30)38-19-14-25-10-6-7-11-26(25)23-38/h3-7,10-13,22H,1-2,8-9,14-21,23-24H2,(H2,33,34,35,36,40). The average molecular weight is 557 g/mol. The molecule has 3 aliphatic rings. The predicted molar refractivity (Wildman–Crippen MR) is 166 cm³/mol. The smallest absolute Gasteiger partial charge is 0.232 e. The fourth-order valence-electron chi connectivity index (χ4n) is 6.31. The molecule has 4 heterocycles. The van der Waals surface area contributed by atoms with Crippen LogP contribution in [0, 0.1) is 0 Å². The van der Waals surface area contributed by atoms with Gasteiger partial charge in [0, 0.05) is 57.4 Å². The molecule has 0 saturated carbocycles. The monoisotopic (exact) mass is 556 g/mol. The molecular weight excluding hydrogens is 516 g/mol. The Balaban J connectivity index is 1.21. The molecule has 210 valence electrons. The topological polar surface area (TPSA) is 65.6 Å². The molecule has 8 heteroatoms. The van der Waals surface area contributed by atoms with Gasteiger partial charge < -0.3 is 25.2 Å². The Kier molecular flexibility index (Phi) is 8.44. The Hall–Kier alpha value is -3.23. The van der Waals surface area contributed by atoms with E-state index in [1.807, 2.05) is 0 Å². The summed E-state index contributed by atoms with van der Waals surface area (Å²) in [5, 5.41) is 7.44. The SMILES string of the molecule is S=C(NCC1(c2ccccc2)CCOCC1)Nc1nc(N2CCCCCC2)cc(N2CCc3ccccc3C2)n1. The first-order chi connectivity index (χ1) is 19.7. The van der Waals surface area contributed by atoms with Crippen molar-refractivity contribution in [1.29, 1.82) is 0 Å². The van der Waals surface area contributed by atoms with E-state index >= 15 is 0 Å². The average Bonchev–Trinajstić information content (AvgIpc) is 3.31. The van der Waals surface area contributed by atoms with E-state index in [4.69, 9.17) is 26.9 Å². The minimum absolute atomic E-state index is 0.00758. The number of hydrogen-bond acceptors (Lipinski definition) is 6. The highest BCUT2D eigenvalue weighted by molar-refractivity contribution is 7.80. The number of nitrogens with one attached hydrogen (secondary N) is 2. The molecule has 0 aliphatic carbocycles. The third-order valence-corrected chi connectivity index (χ3v) is 8.98. The summed E-state index contributed by atoms with van der Waals surface area (Å²) in [5.41, 5.74) is 4.13. The molecule has 0 amide bonds. The van der Waals surface area contributed by atoms with Crippen molar-refractivity contribution in [1.82, 2.24) is 15.3 Å². The molecule has 2 saturated heterocycles. The van der Waals surface area contributed by atoms with E-state index in [2.05, 4.69) is 81.1 Å². The Labute approximate surface area is 243 Å². The first kappa shape index (κ1) is 27.0. The molecule has 7 nitrogen and oxygen atoms in total. The Morgan fingerprint density at radius 2 is 1.50 bits per heavy atom. The van der Waals surface area contributed by atoms with Crippen molar-refractivity contribution in [3.8, 4) is 0 Å². The second-order valence-electron chi connectivity index (χ2n) is 11.3. The summed E-state index contributed by atoms with van der Waals surface area (Å²) in [4.78, 5) is 14.8. The van der Waals surface area contributed by atoms with E-state index in [1.165, 1.54) is 42.4 Å². The lowest BCUT2D eigenvalue weighted by Crippen LogP contribution is -2.45. The van der Waals surface area contributed by atoms with Gasteiger partial charge in [0.15, 0.2) is 5.11 Å². The fourth-order valence-corrected chi connectivity index (χ4v) is 6.47. The van der Waals surface area contributed by atoms with Crippen molar-refractivity contribution in [3.63, 3.8) is 0 Å². The highest BCUT2D eigenvalue weighted by Gasteiger charge is 2.34. The molecule has 1 aromatic heterocycles. The molecule has 6 rings (SSSR count). The maximum Gasteiger partial charge on any atom is 0.232 e. The van der Waals surface area contributed by atoms with Crippen LogP contribution in [0.1, 0.15) is 55.2 Å². The molecule has 0 unspecified atom stereocenters. The summed E-state index contributed by atoms with van der Waals surface area (Å²) in [7, 11) is 0. The third kappa shape index (κ3) is 6.23. The predicted octanol–water partition coefficient (Wildman–Crippen LogP) is 5.45. The number of fused-ring (bicyclic) bond motifs is 1. The van der Waals surface area contributed by atoms with E-state index < -0.39 is 0 Å². The maximum absolute atomic E-state index is 5.82. The molecule has 0 spiro atoms. The van der Waals surface area contributed by atoms with Crippen LogP contribution in [0.25, 0.3) is 0 Å². The number of ether oxygens (including phenoxy) is 1. The normalized spacial score (nSPS) is 18.9. The Morgan fingerprint density at radius 3 is 2.25 bits per heavy atom. The van der Waals surface area contributed by atoms with Crippen LogP contribution in [0.2, 0.25) is 0 Å². The lowest BCUT2D eigenvalue weighted by atomic mass is 9.74. The molecule has 2 N–H and O–H groups in total. The van der Waals surface area contributed by atoms with Crippen molar-refractivity contribution in [2.45, 2.75) is 56.9 Å². The van der Waals surface area contributed by atoms with Crippen LogP contribution < -0.4 is 20.4 Å². The number of nitrogens with zero attached hydrogens (tertiary/aromatic N) is 4. The van der Waals surface area contributed by atoms with Gasteiger partial charge in [0.05, 0.1) is 0 Å². The summed E-state index contributed by atoms with van der Waals surface area (Å²) in [6, 6.07) is 21.7. The highest BCUT2D eigenvalue weighted by Crippen LogP contribution is 2.34. The van der Waals surface area contributed by atoms with Gasteiger partial charge in [-0.25, -0.2) is 0 Å². The van der Waals surface area contributed by atoms with E-state index in [-0.39, 0.29) is 5.41 Å². The van der Waals surface area contributed by atoms with Crippen molar-refractivity contribution in [3.05, 3.63) is 77.4 Å². The second kappa shape index (κ2) is 12.5. The zero-order valence-corrected chi connectivity index (χ0v) is 24.1. The first-order valence-electron chi connectivity index (χ1n) is 14.8. The van der Waals surface area contributed by atoms with Gasteiger partial charge in [-0.3, -0.25) is 0 Å². The van der Waals surface area contributed by atoms with E-state index in [1.54, 1.807) is 0 Å². The van der Waals surface area contributed by atoms with Crippen molar-refractivity contribution in [2.75, 3.05) is 54.5 Å². The van der Waals surface area contributed by atoms with Crippen LogP contribution in [0.5, 0.6) is 0 Å². The molecule has 0 radical (unpaired) electrons. The van der Waals surface area contributed by atoms with Crippen LogP contribution in [-0.4, -0.2) is 54.5 Å². The van der Waals surface area contributed by atoms with Gasteiger partial charge in [0.1, 0.15) is 11.6 Å². The maximum atomic E-state index is 5.82. The lowest BCUT2D eigenvalue weighted by Gasteiger charge is -2.38. The molecule has 3 aliphatic heterocycles. The summed E-state index contributed by atoms with van der Waals surface area (Å²) < 4.78 is 5.72. The number of aromatic nitrogens is 2. The zero-order valence-electron chi connectivity index (χ0n) is 23.3. The number of thiocarbonyl (C=S) groups is 1. The molecule has 0 bridgehead atoms. The van der Waals surface area contributed by atoms with Crippen molar-refractivity contribution in [2.24, 2.45) is 0 Å². The minimum Gasteiger partial charge on any atom is -0.381 e. The summed E-state index contributed by atoms with van der Waals surface area (Å²) in [6.07, 6.45) is 7.92. The Bertz CT molecular complexity index is 1290. The fraction of sp³-hybridized carbons (Fsp3) is 0.469. The number of rotatable bonds is 6. The largest absolute Gasteiger partial charge is 0.381 e. The molecule has 0 atom stereocenters. The first-order valence-corrected chi connectivity index (χ1v) is 15.2. The van der Waals surface area contributed by atoms with Gasteiger partial charge >= 0.3 is 0 Å². The third-order valence-electron chi connectivity index (χ3n) is 8.73. The summed E-state index contributed by atoms with van der Waals surface area (Å²) in [6.45, 7) is 6.13. The zero-order chi connectivity index (χ0) is 27.2. The van der Waals surface area contributed by atoms with Gasteiger partial charge in [0.2, 0.25) is 5.95 Å². The highest BCUT2D eigenvalue weighted by atomic mass is 32.1. The van der Waals surface area contributed by atoms with Gasteiger partial charge in [-0.1, -0.05) is 67.4 Å². The number of anilines is 3. The van der Waals surface area contributed by atoms with Gasteiger partial charge in [0.25, 0.3) is 0 Å². The van der Waals surface area contributed by atoms with E-state index in [0.29, 0.717) is 11.1 Å². The quantitative estimate of drug-likeness (QED) is 0.389. The molecule has 40 heavy (non-hydrogen) atoms. The van der Waals surface area contributed by atoms with Crippen LogP contribution in [0.15, 0.2) is 60.7 Å². The van der Waals surface area contributed by atoms with Gasteiger partial charge in [-0.2, -0.15) is 9.97 Å². The summed E-state index contributed by atoms with van der Waals surface area (Å²) in [5.74, 6) is 2.51. The van der Waals surface area contributed by atoms with Crippen LogP contribution in [0.3, 0.4) is 0 Å². The minimum atomic E-state index is -0.00758. The van der Waals surface area contributed by atoms with Crippen LogP contribution >= 0.6 is 12.2 Å². The summed E-state index contributed by atoms with van der Waals surface area (Å²) >= 11 is 5.82. The van der Waals surface area contributed by atoms with Crippen molar-refractivity contribution < 1.29 is 4.74 Å². The number of benzene rings is 2. The number of hydrogen-bond donors (Lipinski definition) is 2. The molecule has 3 aromatic rings. The van der Waals surface area contributed by atoms with E-state index in [9.17, 15) is 0 Å². The molecular formula is C32H40N6OS. The Morgan fingerprint density at radius 1 is 0.825 bits per heavy atom. The van der Waals surface area contributed by atoms with Gasteiger partial charge in [-0.15, -0.1) is 0 Å². The molecule has 2 aromatic carbocycles. The van der Waals surface area contributed by atoms with Crippen LogP contribution in [0.4, 0.5) is 17.6 Å². The lowest BCUT2D eigenvalue weighted by molar-refractivity contribution is 0.0515. The van der Waals surface area contributed by atoms with Crippen molar-refractivity contribution >= 4 is 34.9 Å². The molecule has 2 fully saturated rings. The second-order valence-corrected chi connectivity index (χ2v) is 11.7. The van der Waals surface area contributed by atoms with Gasteiger partial charge in [-0.05, 0) is 61.0 Å². The van der Waals surface area contributed by atoms with E-state index in [0.717, 1.165) is 76.8 Å². The van der Waals surface area contributed by atoms with Crippen LogP contribution in [-0.2, 0) is 23.1 Å².